The zero-order chi connectivity index (χ0) is 9.68. The molecule has 1 fully saturated rings. The molecule has 0 heterocycles. The van der Waals surface area contributed by atoms with Crippen LogP contribution < -0.4 is 5.73 Å². The minimum atomic E-state index is 0.506. The molecule has 0 bridgehead atoms. The predicted octanol–water partition coefficient (Wildman–Crippen LogP) is 2.43. The molecule has 1 aliphatic carbocycles. The van der Waals surface area contributed by atoms with Crippen molar-refractivity contribution in [2.45, 2.75) is 50.3 Å². The average molecular weight is 200 g/mol. The van der Waals surface area contributed by atoms with Crippen LogP contribution in [0.3, 0.4) is 0 Å². The summed E-state index contributed by atoms with van der Waals surface area (Å²) in [5.41, 5.74) is 5.73. The van der Waals surface area contributed by atoms with Crippen molar-refractivity contribution in [3.63, 3.8) is 0 Å². The lowest BCUT2D eigenvalue weighted by atomic mass is 9.95. The molecule has 0 radical (unpaired) electrons. The number of nitrogens with zero attached hydrogens (tertiary/aromatic N) is 1. The van der Waals surface area contributed by atoms with Gasteiger partial charge in [0.15, 0.2) is 0 Å². The van der Waals surface area contributed by atoms with Gasteiger partial charge in [0.25, 0.3) is 0 Å². The molecule has 1 aliphatic rings. The highest BCUT2D eigenvalue weighted by atomic mass is 32.2. The second-order valence-electron chi connectivity index (χ2n) is 3.65. The minimum Gasteiger partial charge on any atom is -0.387 e. The topological polar surface area (TPSA) is 38.4 Å². The van der Waals surface area contributed by atoms with Crippen molar-refractivity contribution in [2.24, 2.45) is 10.7 Å². The lowest BCUT2D eigenvalue weighted by molar-refractivity contribution is 0.453. The maximum Gasteiger partial charge on any atom is 0.0937 e. The first-order valence-corrected chi connectivity index (χ1v) is 6.40. The number of thioether (sulfide) groups is 1. The van der Waals surface area contributed by atoms with Gasteiger partial charge >= 0.3 is 0 Å². The molecular weight excluding hydrogens is 180 g/mol. The van der Waals surface area contributed by atoms with E-state index in [1.165, 1.54) is 25.7 Å². The first kappa shape index (κ1) is 10.9. The normalized spacial score (nSPS) is 30.5. The lowest BCUT2D eigenvalue weighted by Crippen LogP contribution is -2.23. The number of hydrogen-bond acceptors (Lipinski definition) is 2. The monoisotopic (exact) mass is 200 g/mol. The highest BCUT2D eigenvalue weighted by Crippen LogP contribution is 2.28. The molecule has 76 valence electrons. The van der Waals surface area contributed by atoms with Crippen LogP contribution in [0.1, 0.15) is 39.0 Å². The Morgan fingerprint density at radius 1 is 1.54 bits per heavy atom. The molecule has 0 aromatic carbocycles. The predicted molar refractivity (Wildman–Crippen MR) is 61.5 cm³/mol. The van der Waals surface area contributed by atoms with E-state index in [9.17, 15) is 0 Å². The summed E-state index contributed by atoms with van der Waals surface area (Å²) in [6.45, 7) is 2.06. The van der Waals surface area contributed by atoms with Gasteiger partial charge in [-0.2, -0.15) is 11.8 Å². The van der Waals surface area contributed by atoms with Crippen LogP contribution in [0.5, 0.6) is 0 Å². The number of nitrogens with two attached hydrogens (primary N) is 1. The second kappa shape index (κ2) is 5.53. The van der Waals surface area contributed by atoms with E-state index >= 15 is 0 Å². The summed E-state index contributed by atoms with van der Waals surface area (Å²) in [5.74, 6) is 0.826. The fraction of sp³-hybridized carbons (Fsp3) is 0.900. The average Bonchev–Trinajstić information content (AvgIpc) is 2.18. The van der Waals surface area contributed by atoms with Crippen LogP contribution in [0, 0.1) is 0 Å². The first-order chi connectivity index (χ1) is 6.26. The molecule has 0 amide bonds. The van der Waals surface area contributed by atoms with E-state index in [2.05, 4.69) is 18.2 Å². The number of rotatable bonds is 3. The summed E-state index contributed by atoms with van der Waals surface area (Å²) in [6, 6.07) is 0.506. The van der Waals surface area contributed by atoms with Gasteiger partial charge in [-0.25, -0.2) is 0 Å². The molecule has 2 nitrogen and oxygen atoms in total. The Morgan fingerprint density at radius 2 is 2.31 bits per heavy atom. The Labute approximate surface area is 85.4 Å². The van der Waals surface area contributed by atoms with Gasteiger partial charge in [-0.15, -0.1) is 0 Å². The van der Waals surface area contributed by atoms with E-state index < -0.39 is 0 Å². The largest absolute Gasteiger partial charge is 0.387 e. The Balaban J connectivity index is 2.42. The van der Waals surface area contributed by atoms with Gasteiger partial charge < -0.3 is 5.73 Å². The summed E-state index contributed by atoms with van der Waals surface area (Å²) in [5, 5.41) is 0.812. The van der Waals surface area contributed by atoms with Gasteiger partial charge in [-0.3, -0.25) is 4.99 Å². The van der Waals surface area contributed by atoms with Gasteiger partial charge in [0.2, 0.25) is 0 Å². The number of aliphatic imine (C=N–C) groups is 1. The smallest absolute Gasteiger partial charge is 0.0937 e. The van der Waals surface area contributed by atoms with Crippen LogP contribution in [0.4, 0.5) is 0 Å². The van der Waals surface area contributed by atoms with Gasteiger partial charge in [0.1, 0.15) is 0 Å². The van der Waals surface area contributed by atoms with Gasteiger partial charge in [-0.1, -0.05) is 13.3 Å². The van der Waals surface area contributed by atoms with E-state index in [0.717, 1.165) is 17.5 Å². The summed E-state index contributed by atoms with van der Waals surface area (Å²) in [6.07, 6.45) is 8.22. The van der Waals surface area contributed by atoms with Crippen LogP contribution in [0.2, 0.25) is 0 Å². The summed E-state index contributed by atoms with van der Waals surface area (Å²) in [7, 11) is 0. The molecule has 1 rings (SSSR count). The molecular formula is C10H20N2S. The summed E-state index contributed by atoms with van der Waals surface area (Å²) >= 11 is 1.97. The molecule has 0 aromatic rings. The van der Waals surface area contributed by atoms with Crippen molar-refractivity contribution >= 4 is 17.6 Å². The van der Waals surface area contributed by atoms with E-state index in [4.69, 9.17) is 5.73 Å². The van der Waals surface area contributed by atoms with E-state index in [0.29, 0.717) is 6.04 Å². The molecule has 1 saturated carbocycles. The zero-order valence-corrected chi connectivity index (χ0v) is 9.44. The summed E-state index contributed by atoms with van der Waals surface area (Å²) in [4.78, 5) is 4.53. The molecule has 0 aliphatic heterocycles. The van der Waals surface area contributed by atoms with Crippen LogP contribution in [0.25, 0.3) is 0 Å². The van der Waals surface area contributed by atoms with E-state index in [1.54, 1.807) is 0 Å². The van der Waals surface area contributed by atoms with Crippen molar-refractivity contribution in [3.05, 3.63) is 0 Å². The molecule has 3 heteroatoms. The third kappa shape index (κ3) is 3.59. The molecule has 2 unspecified atom stereocenters. The van der Waals surface area contributed by atoms with Crippen molar-refractivity contribution in [1.29, 1.82) is 0 Å². The van der Waals surface area contributed by atoms with Gasteiger partial charge in [0, 0.05) is 11.7 Å². The molecule has 2 N–H and O–H groups in total. The molecule has 0 aromatic heterocycles. The third-order valence-corrected chi connectivity index (χ3v) is 3.74. The zero-order valence-electron chi connectivity index (χ0n) is 8.62. The maximum atomic E-state index is 5.73. The van der Waals surface area contributed by atoms with Gasteiger partial charge in [0.05, 0.1) is 11.9 Å². The highest BCUT2D eigenvalue weighted by Gasteiger charge is 2.20. The third-order valence-electron chi connectivity index (χ3n) is 2.64. The molecule has 13 heavy (non-hydrogen) atoms. The Kier molecular flexibility index (Phi) is 4.64. The molecule has 0 spiro atoms. The Bertz CT molecular complexity index is 180. The number of hydrogen-bond donors (Lipinski definition) is 1. The maximum absolute atomic E-state index is 5.73. The molecule has 0 saturated heterocycles. The Hall–Kier alpha value is -0.180. The van der Waals surface area contributed by atoms with Crippen molar-refractivity contribution in [2.75, 3.05) is 6.26 Å². The van der Waals surface area contributed by atoms with Gasteiger partial charge in [-0.05, 0) is 25.5 Å². The highest BCUT2D eigenvalue weighted by molar-refractivity contribution is 7.99. The van der Waals surface area contributed by atoms with Crippen molar-refractivity contribution < 1.29 is 0 Å². The lowest BCUT2D eigenvalue weighted by Gasteiger charge is -2.25. The second-order valence-corrected chi connectivity index (χ2v) is 4.79. The standard InChI is InChI=1S/C10H20N2S/c1-3-10(11)12-8-5-4-6-9(7-8)13-2/h8-9H,3-7H2,1-2H3,(H2,11,12). The number of amidine groups is 1. The fourth-order valence-corrected chi connectivity index (χ4v) is 2.59. The van der Waals surface area contributed by atoms with Crippen LogP contribution >= 0.6 is 11.8 Å². The summed E-state index contributed by atoms with van der Waals surface area (Å²) < 4.78 is 0. The molecule has 2 atom stereocenters. The fourth-order valence-electron chi connectivity index (χ4n) is 1.78. The van der Waals surface area contributed by atoms with Crippen molar-refractivity contribution in [1.82, 2.24) is 0 Å². The Morgan fingerprint density at radius 3 is 2.92 bits per heavy atom. The SMILES string of the molecule is CCC(N)=NC1CCCC(SC)C1. The van der Waals surface area contributed by atoms with E-state index in [1.807, 2.05) is 11.8 Å². The van der Waals surface area contributed by atoms with E-state index in [-0.39, 0.29) is 0 Å². The quantitative estimate of drug-likeness (QED) is 0.561. The first-order valence-electron chi connectivity index (χ1n) is 5.11. The van der Waals surface area contributed by atoms with Crippen LogP contribution in [0.15, 0.2) is 4.99 Å². The van der Waals surface area contributed by atoms with Crippen molar-refractivity contribution in [3.8, 4) is 0 Å². The van der Waals surface area contributed by atoms with Crippen LogP contribution in [-0.2, 0) is 0 Å². The minimum absolute atomic E-state index is 0.506. The van der Waals surface area contributed by atoms with Crippen LogP contribution in [-0.4, -0.2) is 23.4 Å².